The summed E-state index contributed by atoms with van der Waals surface area (Å²) in [6.45, 7) is 3.19. The van der Waals surface area contributed by atoms with Crippen LogP contribution in [0.5, 0.6) is 0 Å². The molecule has 0 saturated heterocycles. The molecule has 0 fully saturated rings. The van der Waals surface area contributed by atoms with Crippen LogP contribution in [0.25, 0.3) is 0 Å². The number of rotatable bonds is 10. The van der Waals surface area contributed by atoms with Gasteiger partial charge in [0.2, 0.25) is 5.91 Å². The van der Waals surface area contributed by atoms with E-state index < -0.39 is 23.9 Å². The molecule has 2 atom stereocenters. The highest BCUT2D eigenvalue weighted by Crippen LogP contribution is 2.10. The van der Waals surface area contributed by atoms with E-state index in [0.29, 0.717) is 12.2 Å². The number of nitrogens with one attached hydrogen (secondary N) is 1. The molecule has 7 heteroatoms. The summed E-state index contributed by atoms with van der Waals surface area (Å²) in [6, 6.07) is -0.920. The van der Waals surface area contributed by atoms with Gasteiger partial charge in [-0.15, -0.1) is 0 Å². The molecular weight excluding hydrogens is 282 g/mol. The van der Waals surface area contributed by atoms with Crippen molar-refractivity contribution < 1.29 is 24.6 Å². The molecule has 0 aliphatic heterocycles. The third-order valence-corrected chi connectivity index (χ3v) is 3.46. The van der Waals surface area contributed by atoms with Gasteiger partial charge < -0.3 is 15.5 Å². The van der Waals surface area contributed by atoms with Gasteiger partial charge >= 0.3 is 11.9 Å². The SMILES string of the molecule is CCC[C@@H](/C=C/CSC[C@H](NC(C)=O)C(=O)O)C(=O)O. The zero-order valence-corrected chi connectivity index (χ0v) is 12.5. The van der Waals surface area contributed by atoms with Crippen molar-refractivity contribution in [2.75, 3.05) is 11.5 Å². The fourth-order valence-electron chi connectivity index (χ4n) is 1.51. The van der Waals surface area contributed by atoms with Crippen LogP contribution in [-0.4, -0.2) is 45.6 Å². The molecule has 0 heterocycles. The molecule has 0 saturated carbocycles. The molecule has 20 heavy (non-hydrogen) atoms. The van der Waals surface area contributed by atoms with E-state index in [2.05, 4.69) is 5.32 Å². The normalized spacial score (nSPS) is 13.9. The third kappa shape index (κ3) is 8.58. The lowest BCUT2D eigenvalue weighted by molar-refractivity contribution is -0.141. The standard InChI is InChI=1S/C13H21NO5S/c1-3-5-10(12(16)17)6-4-7-20-8-11(13(18)19)14-9(2)15/h4,6,10-11H,3,5,7-8H2,1-2H3,(H,14,15)(H,16,17)(H,18,19)/b6-4+/t10-,11-/m0/s1. The summed E-state index contributed by atoms with van der Waals surface area (Å²) in [7, 11) is 0. The van der Waals surface area contributed by atoms with Crippen molar-refractivity contribution in [3.63, 3.8) is 0 Å². The molecule has 0 radical (unpaired) electrons. The lowest BCUT2D eigenvalue weighted by Gasteiger charge is -2.11. The van der Waals surface area contributed by atoms with E-state index in [1.54, 1.807) is 12.2 Å². The molecule has 0 aromatic rings. The first kappa shape index (κ1) is 18.5. The minimum absolute atomic E-state index is 0.241. The first-order valence-corrected chi connectivity index (χ1v) is 7.51. The first-order valence-electron chi connectivity index (χ1n) is 6.35. The van der Waals surface area contributed by atoms with E-state index in [1.807, 2.05) is 6.92 Å². The van der Waals surface area contributed by atoms with Crippen LogP contribution in [0.3, 0.4) is 0 Å². The number of hydrogen-bond acceptors (Lipinski definition) is 4. The molecule has 0 aromatic heterocycles. The highest BCUT2D eigenvalue weighted by molar-refractivity contribution is 7.99. The van der Waals surface area contributed by atoms with Crippen LogP contribution < -0.4 is 5.32 Å². The summed E-state index contributed by atoms with van der Waals surface area (Å²) < 4.78 is 0. The van der Waals surface area contributed by atoms with E-state index in [1.165, 1.54) is 18.7 Å². The zero-order chi connectivity index (χ0) is 15.5. The van der Waals surface area contributed by atoms with E-state index in [-0.39, 0.29) is 11.7 Å². The van der Waals surface area contributed by atoms with Crippen molar-refractivity contribution in [3.05, 3.63) is 12.2 Å². The highest BCUT2D eigenvalue weighted by Gasteiger charge is 2.17. The summed E-state index contributed by atoms with van der Waals surface area (Å²) in [5, 5.41) is 20.2. The predicted molar refractivity (Wildman–Crippen MR) is 77.7 cm³/mol. The molecule has 0 bridgehead atoms. The van der Waals surface area contributed by atoms with Gasteiger partial charge in [0.05, 0.1) is 5.92 Å². The van der Waals surface area contributed by atoms with Crippen LogP contribution in [0.1, 0.15) is 26.7 Å². The molecule has 6 nitrogen and oxygen atoms in total. The van der Waals surface area contributed by atoms with Crippen molar-refractivity contribution in [1.82, 2.24) is 5.32 Å². The van der Waals surface area contributed by atoms with Crippen LogP contribution in [0.15, 0.2) is 12.2 Å². The maximum absolute atomic E-state index is 10.9. The Labute approximate surface area is 122 Å². The van der Waals surface area contributed by atoms with Crippen molar-refractivity contribution in [3.8, 4) is 0 Å². The average Bonchev–Trinajstić information content (AvgIpc) is 2.34. The summed E-state index contributed by atoms with van der Waals surface area (Å²) in [4.78, 5) is 32.6. The maximum Gasteiger partial charge on any atom is 0.327 e. The van der Waals surface area contributed by atoms with Crippen LogP contribution in [-0.2, 0) is 14.4 Å². The van der Waals surface area contributed by atoms with Crippen LogP contribution in [0, 0.1) is 5.92 Å². The first-order chi connectivity index (χ1) is 9.38. The molecular formula is C13H21NO5S. The van der Waals surface area contributed by atoms with Gasteiger partial charge in [-0.25, -0.2) is 4.79 Å². The highest BCUT2D eigenvalue weighted by atomic mass is 32.2. The van der Waals surface area contributed by atoms with E-state index in [4.69, 9.17) is 10.2 Å². The van der Waals surface area contributed by atoms with Crippen LogP contribution >= 0.6 is 11.8 Å². The molecule has 0 aliphatic carbocycles. The lowest BCUT2D eigenvalue weighted by Crippen LogP contribution is -2.41. The van der Waals surface area contributed by atoms with Crippen LogP contribution in [0.2, 0.25) is 0 Å². The molecule has 0 rings (SSSR count). The fourth-order valence-corrected chi connectivity index (χ4v) is 2.35. The monoisotopic (exact) mass is 303 g/mol. The maximum atomic E-state index is 10.9. The Balaban J connectivity index is 4.12. The van der Waals surface area contributed by atoms with Crippen LogP contribution in [0.4, 0.5) is 0 Å². The number of amides is 1. The molecule has 0 unspecified atom stereocenters. The Hall–Kier alpha value is -1.50. The average molecular weight is 303 g/mol. The second-order valence-electron chi connectivity index (χ2n) is 4.29. The quantitative estimate of drug-likeness (QED) is 0.416. The van der Waals surface area contributed by atoms with Crippen molar-refractivity contribution >= 4 is 29.6 Å². The van der Waals surface area contributed by atoms with Gasteiger partial charge in [0, 0.05) is 18.4 Å². The number of carbonyl (C=O) groups excluding carboxylic acids is 1. The Morgan fingerprint density at radius 3 is 2.35 bits per heavy atom. The lowest BCUT2D eigenvalue weighted by atomic mass is 10.0. The second kappa shape index (κ2) is 10.3. The number of carboxylic acids is 2. The fraction of sp³-hybridized carbons (Fsp3) is 0.615. The van der Waals surface area contributed by atoms with E-state index >= 15 is 0 Å². The largest absolute Gasteiger partial charge is 0.481 e. The van der Waals surface area contributed by atoms with E-state index in [0.717, 1.165) is 6.42 Å². The van der Waals surface area contributed by atoms with E-state index in [9.17, 15) is 14.4 Å². The smallest absolute Gasteiger partial charge is 0.327 e. The van der Waals surface area contributed by atoms with Crippen molar-refractivity contribution in [2.45, 2.75) is 32.7 Å². The molecule has 114 valence electrons. The molecule has 0 aliphatic rings. The molecule has 3 N–H and O–H groups in total. The number of hydrogen-bond donors (Lipinski definition) is 3. The summed E-state index contributed by atoms with van der Waals surface area (Å²) >= 11 is 1.33. The van der Waals surface area contributed by atoms with Crippen molar-refractivity contribution in [2.24, 2.45) is 5.92 Å². The molecule has 0 aromatic carbocycles. The Bertz CT molecular complexity index is 370. The van der Waals surface area contributed by atoms with Gasteiger partial charge in [-0.3, -0.25) is 9.59 Å². The summed E-state index contributed by atoms with van der Waals surface area (Å²) in [5.74, 6) is -2.06. The molecule has 0 spiro atoms. The second-order valence-corrected chi connectivity index (χ2v) is 5.37. The summed E-state index contributed by atoms with van der Waals surface area (Å²) in [5.41, 5.74) is 0. The van der Waals surface area contributed by atoms with Gasteiger partial charge in [0.15, 0.2) is 0 Å². The Kier molecular flexibility index (Phi) is 9.53. The predicted octanol–water partition coefficient (Wildman–Crippen LogP) is 1.37. The van der Waals surface area contributed by atoms with Gasteiger partial charge in [0.1, 0.15) is 6.04 Å². The number of carboxylic acid groups (broad SMARTS) is 2. The minimum Gasteiger partial charge on any atom is -0.481 e. The van der Waals surface area contributed by atoms with Gasteiger partial charge in [-0.2, -0.15) is 11.8 Å². The van der Waals surface area contributed by atoms with Crippen molar-refractivity contribution in [1.29, 1.82) is 0 Å². The Morgan fingerprint density at radius 1 is 1.25 bits per heavy atom. The summed E-state index contributed by atoms with van der Waals surface area (Å²) in [6.07, 6.45) is 4.73. The topological polar surface area (TPSA) is 104 Å². The number of aliphatic carboxylic acids is 2. The zero-order valence-electron chi connectivity index (χ0n) is 11.7. The number of carbonyl (C=O) groups is 3. The third-order valence-electron chi connectivity index (χ3n) is 2.46. The van der Waals surface area contributed by atoms with Gasteiger partial charge in [-0.1, -0.05) is 25.5 Å². The minimum atomic E-state index is -1.08. The Morgan fingerprint density at radius 2 is 1.90 bits per heavy atom. The van der Waals surface area contributed by atoms with Gasteiger partial charge in [-0.05, 0) is 6.42 Å². The number of thioether (sulfide) groups is 1. The van der Waals surface area contributed by atoms with Gasteiger partial charge in [0.25, 0.3) is 0 Å². The molecule has 1 amide bonds.